The second-order valence-electron chi connectivity index (χ2n) is 4.49. The van der Waals surface area contributed by atoms with Crippen LogP contribution in [0.4, 0.5) is 0 Å². The first-order chi connectivity index (χ1) is 11.4. The van der Waals surface area contributed by atoms with E-state index in [-0.39, 0.29) is 22.8 Å². The molecule has 0 fully saturated rings. The quantitative estimate of drug-likeness (QED) is 0.548. The number of aldehydes is 1. The van der Waals surface area contributed by atoms with E-state index in [9.17, 15) is 4.79 Å². The van der Waals surface area contributed by atoms with E-state index in [0.717, 1.165) is 5.56 Å². The minimum Gasteiger partial charge on any atom is -0.381 e. The van der Waals surface area contributed by atoms with Crippen LogP contribution in [0.2, 0.25) is 20.6 Å². The van der Waals surface area contributed by atoms with E-state index >= 15 is 0 Å². The molecule has 0 saturated heterocycles. The smallest absolute Gasteiger partial charge is 0.137 e. The minimum atomic E-state index is 0.0565. The van der Waals surface area contributed by atoms with Gasteiger partial charge in [-0.3, -0.25) is 0 Å². The summed E-state index contributed by atoms with van der Waals surface area (Å²) < 4.78 is 5.09. The lowest BCUT2D eigenvalue weighted by Crippen LogP contribution is -2.10. The molecular weight excluding hydrogens is 398 g/mol. The first kappa shape index (κ1) is 21.0. The van der Waals surface area contributed by atoms with Crippen LogP contribution in [-0.2, 0) is 22.4 Å². The van der Waals surface area contributed by atoms with Crippen molar-refractivity contribution in [3.63, 3.8) is 0 Å². The number of carbonyl (C=O) groups excluding carboxylic acids is 1. The van der Waals surface area contributed by atoms with Gasteiger partial charge in [0, 0.05) is 31.1 Å². The summed E-state index contributed by atoms with van der Waals surface area (Å²) >= 11 is 22.9. The van der Waals surface area contributed by atoms with E-state index in [2.05, 4.69) is 19.9 Å². The lowest BCUT2D eigenvalue weighted by Gasteiger charge is -2.10. The zero-order valence-corrected chi connectivity index (χ0v) is 15.9. The van der Waals surface area contributed by atoms with Crippen LogP contribution in [0, 0.1) is 0 Å². The van der Waals surface area contributed by atoms with E-state index in [1.165, 1.54) is 12.7 Å². The monoisotopic (exact) mass is 410 g/mol. The van der Waals surface area contributed by atoms with Crippen LogP contribution in [-0.4, -0.2) is 39.4 Å². The standard InChI is InChI=1S/C8H10Cl2N2O.C6H4Cl2N2O/c1-5(13-2)3-6-7(9)11-4-12-8(6)10;7-5-4(1-2-11)6(8)10-3-9-5/h4-5H,3H2,1-2H3;2-3H,1H2. The van der Waals surface area contributed by atoms with Gasteiger partial charge in [0.05, 0.1) is 6.10 Å². The Morgan fingerprint density at radius 1 is 0.958 bits per heavy atom. The van der Waals surface area contributed by atoms with E-state index in [1.807, 2.05) is 6.92 Å². The Bertz CT molecular complexity index is 647. The summed E-state index contributed by atoms with van der Waals surface area (Å²) in [5, 5.41) is 1.25. The summed E-state index contributed by atoms with van der Waals surface area (Å²) in [6, 6.07) is 0. The van der Waals surface area contributed by atoms with Crippen molar-refractivity contribution in [1.29, 1.82) is 0 Å². The molecule has 6 nitrogen and oxygen atoms in total. The number of nitrogens with zero attached hydrogens (tertiary/aromatic N) is 4. The molecule has 0 spiro atoms. The van der Waals surface area contributed by atoms with Gasteiger partial charge in [0.25, 0.3) is 0 Å². The largest absolute Gasteiger partial charge is 0.381 e. The Labute approximate surface area is 159 Å². The Morgan fingerprint density at radius 3 is 1.75 bits per heavy atom. The summed E-state index contributed by atoms with van der Waals surface area (Å²) in [6.45, 7) is 1.93. The highest BCUT2D eigenvalue weighted by molar-refractivity contribution is 6.35. The van der Waals surface area contributed by atoms with Crippen molar-refractivity contribution in [2.45, 2.75) is 25.9 Å². The van der Waals surface area contributed by atoms with Gasteiger partial charge in [0.15, 0.2) is 0 Å². The molecule has 0 aliphatic heterocycles. The van der Waals surface area contributed by atoms with Gasteiger partial charge in [-0.25, -0.2) is 19.9 Å². The Morgan fingerprint density at radius 2 is 1.38 bits per heavy atom. The molecule has 24 heavy (non-hydrogen) atoms. The highest BCUT2D eigenvalue weighted by Crippen LogP contribution is 2.21. The molecule has 2 aromatic rings. The lowest BCUT2D eigenvalue weighted by molar-refractivity contribution is -0.107. The molecule has 1 atom stereocenters. The summed E-state index contributed by atoms with van der Waals surface area (Å²) in [6.07, 6.45) is 4.12. The van der Waals surface area contributed by atoms with Crippen LogP contribution in [0.25, 0.3) is 0 Å². The number of hydrogen-bond donors (Lipinski definition) is 0. The van der Waals surface area contributed by atoms with Gasteiger partial charge >= 0.3 is 0 Å². The zero-order chi connectivity index (χ0) is 18.1. The van der Waals surface area contributed by atoms with Gasteiger partial charge in [-0.15, -0.1) is 0 Å². The average Bonchev–Trinajstić information content (AvgIpc) is 2.55. The topological polar surface area (TPSA) is 77.9 Å². The molecule has 0 aromatic carbocycles. The molecule has 0 amide bonds. The number of halogens is 4. The number of aromatic nitrogens is 4. The Kier molecular flexibility index (Phi) is 9.39. The van der Waals surface area contributed by atoms with Crippen molar-refractivity contribution < 1.29 is 9.53 Å². The molecular formula is C14H14Cl4N4O2. The maximum Gasteiger partial charge on any atom is 0.137 e. The fourth-order valence-electron chi connectivity index (χ4n) is 1.53. The van der Waals surface area contributed by atoms with Gasteiger partial charge < -0.3 is 9.53 Å². The van der Waals surface area contributed by atoms with Gasteiger partial charge in [0.2, 0.25) is 0 Å². The molecule has 0 N–H and O–H groups in total. The molecule has 1 unspecified atom stereocenters. The fourth-order valence-corrected chi connectivity index (χ4v) is 2.47. The van der Waals surface area contributed by atoms with Crippen molar-refractivity contribution in [1.82, 2.24) is 19.9 Å². The van der Waals surface area contributed by atoms with Gasteiger partial charge in [0.1, 0.15) is 39.6 Å². The fraction of sp³-hybridized carbons (Fsp3) is 0.357. The van der Waals surface area contributed by atoms with Crippen molar-refractivity contribution in [3.05, 3.63) is 44.4 Å². The first-order valence-corrected chi connectivity index (χ1v) is 8.18. The van der Waals surface area contributed by atoms with Crippen molar-refractivity contribution in [2.75, 3.05) is 7.11 Å². The predicted octanol–water partition coefficient (Wildman–Crippen LogP) is 3.89. The molecule has 0 bridgehead atoms. The number of ether oxygens (including phenoxy) is 1. The van der Waals surface area contributed by atoms with Gasteiger partial charge in [-0.05, 0) is 6.92 Å². The average molecular weight is 412 g/mol. The van der Waals surface area contributed by atoms with Gasteiger partial charge in [-0.2, -0.15) is 0 Å². The molecule has 2 rings (SSSR count). The lowest BCUT2D eigenvalue weighted by atomic mass is 10.2. The molecule has 0 saturated carbocycles. The van der Waals surface area contributed by atoms with Crippen LogP contribution >= 0.6 is 46.4 Å². The molecule has 0 aliphatic carbocycles. The molecule has 2 heterocycles. The third kappa shape index (κ3) is 6.45. The van der Waals surface area contributed by atoms with E-state index in [0.29, 0.717) is 28.6 Å². The van der Waals surface area contributed by atoms with Crippen molar-refractivity contribution >= 4 is 52.7 Å². The maximum atomic E-state index is 10.1. The molecule has 130 valence electrons. The molecule has 10 heteroatoms. The predicted molar refractivity (Wildman–Crippen MR) is 94.0 cm³/mol. The number of hydrogen-bond acceptors (Lipinski definition) is 6. The number of carbonyl (C=O) groups is 1. The number of methoxy groups -OCH3 is 1. The Hall–Kier alpha value is -1.05. The van der Waals surface area contributed by atoms with Crippen LogP contribution in [0.5, 0.6) is 0 Å². The first-order valence-electron chi connectivity index (χ1n) is 6.66. The van der Waals surface area contributed by atoms with Crippen LogP contribution in [0.1, 0.15) is 18.1 Å². The van der Waals surface area contributed by atoms with E-state index in [1.54, 1.807) is 7.11 Å². The minimum absolute atomic E-state index is 0.0565. The molecule has 2 aromatic heterocycles. The highest BCUT2D eigenvalue weighted by Gasteiger charge is 2.11. The van der Waals surface area contributed by atoms with Gasteiger partial charge in [-0.1, -0.05) is 46.4 Å². The number of rotatable bonds is 5. The summed E-state index contributed by atoms with van der Waals surface area (Å²) in [4.78, 5) is 25.1. The van der Waals surface area contributed by atoms with Crippen LogP contribution < -0.4 is 0 Å². The van der Waals surface area contributed by atoms with Crippen LogP contribution in [0.15, 0.2) is 12.7 Å². The maximum absolute atomic E-state index is 10.1. The zero-order valence-electron chi connectivity index (χ0n) is 12.8. The van der Waals surface area contributed by atoms with Crippen molar-refractivity contribution in [3.8, 4) is 0 Å². The van der Waals surface area contributed by atoms with E-state index < -0.39 is 0 Å². The summed E-state index contributed by atoms with van der Waals surface area (Å²) in [7, 11) is 1.64. The second-order valence-corrected chi connectivity index (χ2v) is 5.92. The SMILES string of the molecule is COC(C)Cc1c(Cl)ncnc1Cl.O=CCc1c(Cl)ncnc1Cl. The Balaban J connectivity index is 0.000000243. The third-order valence-corrected chi connectivity index (χ3v) is 4.16. The highest BCUT2D eigenvalue weighted by atomic mass is 35.5. The molecule has 0 radical (unpaired) electrons. The van der Waals surface area contributed by atoms with E-state index in [4.69, 9.17) is 51.1 Å². The molecule has 0 aliphatic rings. The van der Waals surface area contributed by atoms with Crippen molar-refractivity contribution in [2.24, 2.45) is 0 Å². The van der Waals surface area contributed by atoms with Crippen LogP contribution in [0.3, 0.4) is 0 Å². The summed E-state index contributed by atoms with van der Waals surface area (Å²) in [5.74, 6) is 0. The normalized spacial score (nSPS) is 11.4. The third-order valence-electron chi connectivity index (χ3n) is 2.86. The second kappa shape index (κ2) is 10.7. The summed E-state index contributed by atoms with van der Waals surface area (Å²) in [5.41, 5.74) is 1.21.